The molecule has 0 radical (unpaired) electrons. The number of hydrogen-bond donors (Lipinski definition) is 1. The minimum absolute atomic E-state index is 0.273. The van der Waals surface area contributed by atoms with Crippen LogP contribution in [0.5, 0.6) is 23.0 Å². The second-order valence-electron chi connectivity index (χ2n) is 7.28. The van der Waals surface area contributed by atoms with E-state index in [9.17, 15) is 9.90 Å². The van der Waals surface area contributed by atoms with Gasteiger partial charge in [-0.1, -0.05) is 36.9 Å². The van der Waals surface area contributed by atoms with Crippen LogP contribution in [0.2, 0.25) is 0 Å². The van der Waals surface area contributed by atoms with E-state index in [2.05, 4.69) is 6.58 Å². The van der Waals surface area contributed by atoms with Crippen molar-refractivity contribution in [3.63, 3.8) is 0 Å². The zero-order chi connectivity index (χ0) is 23.0. The van der Waals surface area contributed by atoms with E-state index in [1.165, 1.54) is 14.0 Å². The molecule has 0 heterocycles. The number of hydrogen-bond acceptors (Lipinski definition) is 5. The van der Waals surface area contributed by atoms with Gasteiger partial charge in [-0.3, -0.25) is 0 Å². The summed E-state index contributed by atoms with van der Waals surface area (Å²) >= 11 is 0. The Hall–Kier alpha value is -3.77. The van der Waals surface area contributed by atoms with Crippen LogP contribution in [-0.2, 0) is 15.1 Å². The SMILES string of the molecule is C=C(COc1ccc(Oc2ccccc2)cc1)COc1ccc([C@](C)(OC)C(=O)O)cc1. The number of ether oxygens (including phenoxy) is 4. The number of rotatable bonds is 11. The van der Waals surface area contributed by atoms with Gasteiger partial charge in [0.1, 0.15) is 36.2 Å². The van der Waals surface area contributed by atoms with Crippen molar-refractivity contribution in [2.24, 2.45) is 0 Å². The summed E-state index contributed by atoms with van der Waals surface area (Å²) in [5, 5.41) is 9.38. The van der Waals surface area contributed by atoms with E-state index in [1.807, 2.05) is 54.6 Å². The highest BCUT2D eigenvalue weighted by Gasteiger charge is 2.35. The number of methoxy groups -OCH3 is 1. The van der Waals surface area contributed by atoms with Crippen LogP contribution in [0.3, 0.4) is 0 Å². The van der Waals surface area contributed by atoms with Crippen LogP contribution >= 0.6 is 0 Å². The highest BCUT2D eigenvalue weighted by molar-refractivity contribution is 5.79. The number of carboxylic acids is 1. The van der Waals surface area contributed by atoms with Gasteiger partial charge >= 0.3 is 5.97 Å². The van der Waals surface area contributed by atoms with Crippen molar-refractivity contribution < 1.29 is 28.8 Å². The molecule has 0 spiro atoms. The smallest absolute Gasteiger partial charge is 0.340 e. The summed E-state index contributed by atoms with van der Waals surface area (Å²) in [5.41, 5.74) is -0.120. The van der Waals surface area contributed by atoms with Crippen LogP contribution in [0.25, 0.3) is 0 Å². The lowest BCUT2D eigenvalue weighted by atomic mass is 9.96. The fourth-order valence-electron chi connectivity index (χ4n) is 2.84. The zero-order valence-corrected chi connectivity index (χ0v) is 18.1. The highest BCUT2D eigenvalue weighted by Crippen LogP contribution is 2.27. The number of carbonyl (C=O) groups is 1. The third-order valence-corrected chi connectivity index (χ3v) is 4.91. The third-order valence-electron chi connectivity index (χ3n) is 4.91. The molecular weight excluding hydrogens is 408 g/mol. The molecule has 1 N–H and O–H groups in total. The Morgan fingerprint density at radius 1 is 0.812 bits per heavy atom. The molecule has 32 heavy (non-hydrogen) atoms. The minimum atomic E-state index is -1.41. The molecule has 0 saturated carbocycles. The standard InChI is InChI=1S/C26H26O6/c1-19(17-30-21-11-9-20(10-12-21)26(2,29-3)25(27)28)18-31-22-13-15-24(16-14-22)32-23-7-5-4-6-8-23/h4-16H,1,17-18H2,2-3H3,(H,27,28)/t26-/m0/s1. The molecule has 0 amide bonds. The molecule has 6 heteroatoms. The number of benzene rings is 3. The first-order chi connectivity index (χ1) is 15.4. The van der Waals surface area contributed by atoms with Gasteiger partial charge in [-0.15, -0.1) is 0 Å². The van der Waals surface area contributed by atoms with Gasteiger partial charge in [0.25, 0.3) is 0 Å². The number of aliphatic carboxylic acids is 1. The van der Waals surface area contributed by atoms with Gasteiger partial charge in [-0.05, 0) is 66.6 Å². The van der Waals surface area contributed by atoms with Crippen LogP contribution in [0.1, 0.15) is 12.5 Å². The lowest BCUT2D eigenvalue weighted by Gasteiger charge is -2.23. The summed E-state index contributed by atoms with van der Waals surface area (Å²) in [4.78, 5) is 11.5. The van der Waals surface area contributed by atoms with E-state index >= 15 is 0 Å². The number of carboxylic acid groups (broad SMARTS) is 1. The molecule has 0 aliphatic heterocycles. The van der Waals surface area contributed by atoms with Crippen molar-refractivity contribution in [1.29, 1.82) is 0 Å². The third kappa shape index (κ3) is 5.89. The maximum atomic E-state index is 11.5. The first kappa shape index (κ1) is 22.9. The largest absolute Gasteiger partial charge is 0.489 e. The molecule has 0 aromatic heterocycles. The van der Waals surface area contributed by atoms with Crippen molar-refractivity contribution in [3.8, 4) is 23.0 Å². The van der Waals surface area contributed by atoms with E-state index in [0.29, 0.717) is 23.7 Å². The van der Waals surface area contributed by atoms with Crippen molar-refractivity contribution in [1.82, 2.24) is 0 Å². The van der Waals surface area contributed by atoms with Gasteiger partial charge in [-0.2, -0.15) is 0 Å². The summed E-state index contributed by atoms with van der Waals surface area (Å²) in [7, 11) is 1.37. The molecule has 166 valence electrons. The Balaban J connectivity index is 1.45. The Morgan fingerprint density at radius 3 is 1.78 bits per heavy atom. The van der Waals surface area contributed by atoms with Gasteiger partial charge in [0.15, 0.2) is 5.60 Å². The lowest BCUT2D eigenvalue weighted by Crippen LogP contribution is -2.34. The Morgan fingerprint density at radius 2 is 1.28 bits per heavy atom. The first-order valence-corrected chi connectivity index (χ1v) is 10.0. The monoisotopic (exact) mass is 434 g/mol. The quantitative estimate of drug-likeness (QED) is 0.405. The topological polar surface area (TPSA) is 74.2 Å². The summed E-state index contributed by atoms with van der Waals surface area (Å²) < 4.78 is 22.4. The second-order valence-corrected chi connectivity index (χ2v) is 7.28. The fourth-order valence-corrected chi connectivity index (χ4v) is 2.84. The molecule has 0 fully saturated rings. The van der Waals surface area contributed by atoms with E-state index in [4.69, 9.17) is 18.9 Å². The average Bonchev–Trinajstić information content (AvgIpc) is 2.82. The van der Waals surface area contributed by atoms with Crippen molar-refractivity contribution in [2.45, 2.75) is 12.5 Å². The average molecular weight is 434 g/mol. The lowest BCUT2D eigenvalue weighted by molar-refractivity contribution is -0.161. The fraction of sp³-hybridized carbons (Fsp3) is 0.192. The molecule has 0 saturated heterocycles. The molecule has 3 rings (SSSR count). The summed E-state index contributed by atoms with van der Waals surface area (Å²) in [6, 6.07) is 23.7. The van der Waals surface area contributed by atoms with Gasteiger partial charge in [0.05, 0.1) is 0 Å². The van der Waals surface area contributed by atoms with E-state index in [-0.39, 0.29) is 6.61 Å². The van der Waals surface area contributed by atoms with E-state index < -0.39 is 11.6 Å². The van der Waals surface area contributed by atoms with Gasteiger partial charge in [-0.25, -0.2) is 4.79 Å². The Labute approximate surface area is 187 Å². The van der Waals surface area contributed by atoms with Crippen LogP contribution in [0.4, 0.5) is 0 Å². The second kappa shape index (κ2) is 10.5. The highest BCUT2D eigenvalue weighted by atomic mass is 16.5. The van der Waals surface area contributed by atoms with Gasteiger partial charge in [0, 0.05) is 7.11 Å². The first-order valence-electron chi connectivity index (χ1n) is 10.0. The number of para-hydroxylation sites is 1. The Bertz CT molecular complexity index is 1030. The molecule has 3 aromatic carbocycles. The predicted octanol–water partition coefficient (Wildman–Crippen LogP) is 5.44. The van der Waals surface area contributed by atoms with Crippen LogP contribution < -0.4 is 14.2 Å². The zero-order valence-electron chi connectivity index (χ0n) is 18.1. The maximum absolute atomic E-state index is 11.5. The van der Waals surface area contributed by atoms with Crippen LogP contribution in [0.15, 0.2) is 91.0 Å². The Kier molecular flexibility index (Phi) is 7.52. The summed E-state index contributed by atoms with van der Waals surface area (Å²) in [6.45, 7) is 6.06. The summed E-state index contributed by atoms with van der Waals surface area (Å²) in [5.74, 6) is 1.74. The summed E-state index contributed by atoms with van der Waals surface area (Å²) in [6.07, 6.45) is 0. The maximum Gasteiger partial charge on any atom is 0.340 e. The van der Waals surface area contributed by atoms with Crippen LogP contribution in [0, 0.1) is 0 Å². The van der Waals surface area contributed by atoms with Gasteiger partial charge in [0.2, 0.25) is 0 Å². The minimum Gasteiger partial charge on any atom is -0.489 e. The molecule has 0 unspecified atom stereocenters. The van der Waals surface area contributed by atoms with Crippen LogP contribution in [-0.4, -0.2) is 31.4 Å². The van der Waals surface area contributed by atoms with Crippen molar-refractivity contribution >= 4 is 5.97 Å². The molecule has 0 aliphatic carbocycles. The van der Waals surface area contributed by atoms with Crippen molar-refractivity contribution in [3.05, 3.63) is 96.6 Å². The predicted molar refractivity (Wildman–Crippen MR) is 122 cm³/mol. The van der Waals surface area contributed by atoms with Crippen molar-refractivity contribution in [2.75, 3.05) is 20.3 Å². The molecule has 0 aliphatic rings. The molecule has 0 bridgehead atoms. The molecule has 1 atom stereocenters. The van der Waals surface area contributed by atoms with E-state index in [1.54, 1.807) is 24.3 Å². The normalized spacial score (nSPS) is 12.4. The molecule has 6 nitrogen and oxygen atoms in total. The van der Waals surface area contributed by atoms with Gasteiger partial charge < -0.3 is 24.1 Å². The van der Waals surface area contributed by atoms with E-state index in [0.717, 1.165) is 17.1 Å². The molecule has 3 aromatic rings. The molecular formula is C26H26O6.